The number of ether oxygens (including phenoxy) is 1. The van der Waals surface area contributed by atoms with Crippen LogP contribution in [0, 0.1) is 5.92 Å². The smallest absolute Gasteiger partial charge is 0.309 e. The molecule has 0 atom stereocenters. The predicted octanol–water partition coefficient (Wildman–Crippen LogP) is 2.68. The lowest BCUT2D eigenvalue weighted by atomic mass is 9.97. The van der Waals surface area contributed by atoms with E-state index in [4.69, 9.17) is 16.3 Å². The van der Waals surface area contributed by atoms with Gasteiger partial charge in [-0.1, -0.05) is 11.6 Å². The molecule has 0 radical (unpaired) electrons. The number of likely N-dealkylation sites (tertiary alicyclic amines) is 1. The molecule has 1 aliphatic heterocycles. The summed E-state index contributed by atoms with van der Waals surface area (Å²) in [5.74, 6) is 1.26. The fourth-order valence-corrected chi connectivity index (χ4v) is 3.79. The lowest BCUT2D eigenvalue weighted by Gasteiger charge is -2.28. The zero-order chi connectivity index (χ0) is 15.8. The van der Waals surface area contributed by atoms with Crippen LogP contribution in [0.5, 0.6) is 0 Å². The highest BCUT2D eigenvalue weighted by atomic mass is 35.5. The predicted molar refractivity (Wildman–Crippen MR) is 91.7 cm³/mol. The summed E-state index contributed by atoms with van der Waals surface area (Å²) in [5.41, 5.74) is 0. The van der Waals surface area contributed by atoms with Gasteiger partial charge in [0.15, 0.2) is 0 Å². The minimum Gasteiger partial charge on any atom is -0.466 e. The summed E-state index contributed by atoms with van der Waals surface area (Å²) in [7, 11) is 0. The van der Waals surface area contributed by atoms with Gasteiger partial charge in [0.1, 0.15) is 0 Å². The number of nitrogens with one attached hydrogen (secondary N) is 1. The molecule has 122 valence electrons. The molecule has 1 saturated heterocycles. The molecule has 1 heterocycles. The van der Waals surface area contributed by atoms with E-state index in [-0.39, 0.29) is 11.9 Å². The highest BCUT2D eigenvalue weighted by molar-refractivity contribution is 7.99. The van der Waals surface area contributed by atoms with Crippen molar-refractivity contribution >= 4 is 29.3 Å². The van der Waals surface area contributed by atoms with Gasteiger partial charge in [0.25, 0.3) is 0 Å². The first-order valence-corrected chi connectivity index (χ1v) is 9.44. The van der Waals surface area contributed by atoms with E-state index in [1.54, 1.807) is 4.90 Å². The quantitative estimate of drug-likeness (QED) is 0.469. The number of piperidine rings is 1. The number of quaternary nitrogens is 1. The second-order valence-electron chi connectivity index (χ2n) is 5.68. The van der Waals surface area contributed by atoms with Gasteiger partial charge in [-0.05, 0) is 31.2 Å². The molecule has 0 amide bonds. The molecule has 1 aliphatic rings. The summed E-state index contributed by atoms with van der Waals surface area (Å²) in [4.78, 5) is 14.6. The number of carbonyl (C=O) groups is 1. The van der Waals surface area contributed by atoms with Crippen molar-refractivity contribution in [2.75, 3.05) is 32.0 Å². The van der Waals surface area contributed by atoms with Crippen LogP contribution in [0.3, 0.4) is 0 Å². The van der Waals surface area contributed by atoms with Crippen molar-refractivity contribution < 1.29 is 14.4 Å². The Morgan fingerprint density at radius 3 is 2.64 bits per heavy atom. The van der Waals surface area contributed by atoms with Gasteiger partial charge < -0.3 is 9.64 Å². The molecular formula is C17H25ClNO2S+. The van der Waals surface area contributed by atoms with Gasteiger partial charge in [0.05, 0.1) is 32.2 Å². The van der Waals surface area contributed by atoms with Gasteiger partial charge in [-0.15, -0.1) is 11.8 Å². The van der Waals surface area contributed by atoms with Crippen LogP contribution in [-0.2, 0) is 9.53 Å². The first kappa shape index (κ1) is 17.6. The molecule has 1 fully saturated rings. The zero-order valence-electron chi connectivity index (χ0n) is 13.1. The van der Waals surface area contributed by atoms with Crippen LogP contribution < -0.4 is 4.90 Å². The summed E-state index contributed by atoms with van der Waals surface area (Å²) < 4.78 is 5.11. The van der Waals surface area contributed by atoms with Crippen LogP contribution >= 0.6 is 23.4 Å². The van der Waals surface area contributed by atoms with E-state index in [0.717, 1.165) is 36.7 Å². The molecule has 1 aromatic rings. The van der Waals surface area contributed by atoms with Crippen molar-refractivity contribution in [3.63, 3.8) is 0 Å². The third-order valence-corrected chi connectivity index (χ3v) is 5.42. The molecule has 2 rings (SSSR count). The summed E-state index contributed by atoms with van der Waals surface area (Å²) in [6, 6.07) is 8.03. The number of hydrogen-bond donors (Lipinski definition) is 1. The third-order valence-electron chi connectivity index (χ3n) is 4.07. The van der Waals surface area contributed by atoms with Crippen molar-refractivity contribution in [2.24, 2.45) is 5.92 Å². The number of carbonyl (C=O) groups excluding carboxylic acids is 1. The highest BCUT2D eigenvalue weighted by Crippen LogP contribution is 2.20. The fraction of sp³-hybridized carbons (Fsp3) is 0.588. The average Bonchev–Trinajstić information content (AvgIpc) is 2.54. The normalized spacial score (nSPS) is 21.5. The van der Waals surface area contributed by atoms with E-state index in [9.17, 15) is 4.79 Å². The van der Waals surface area contributed by atoms with Gasteiger partial charge in [-0.3, -0.25) is 4.79 Å². The van der Waals surface area contributed by atoms with Crippen LogP contribution in [0.2, 0.25) is 5.02 Å². The van der Waals surface area contributed by atoms with Crippen molar-refractivity contribution in [1.82, 2.24) is 0 Å². The van der Waals surface area contributed by atoms with E-state index >= 15 is 0 Å². The second-order valence-corrected chi connectivity index (χ2v) is 7.29. The molecule has 1 aromatic carbocycles. The Hall–Kier alpha value is -0.710. The monoisotopic (exact) mass is 342 g/mol. The van der Waals surface area contributed by atoms with E-state index < -0.39 is 0 Å². The molecule has 3 nitrogen and oxygen atoms in total. The Morgan fingerprint density at radius 2 is 2.00 bits per heavy atom. The summed E-state index contributed by atoms with van der Waals surface area (Å²) in [6.45, 7) is 5.74. The van der Waals surface area contributed by atoms with Gasteiger partial charge in [0.2, 0.25) is 0 Å². The first-order valence-electron chi connectivity index (χ1n) is 8.07. The zero-order valence-corrected chi connectivity index (χ0v) is 14.7. The lowest BCUT2D eigenvalue weighted by molar-refractivity contribution is -0.905. The van der Waals surface area contributed by atoms with E-state index in [0.29, 0.717) is 6.61 Å². The fourth-order valence-electron chi connectivity index (χ4n) is 2.81. The summed E-state index contributed by atoms with van der Waals surface area (Å²) in [5, 5.41) is 0.790. The highest BCUT2D eigenvalue weighted by Gasteiger charge is 2.27. The SMILES string of the molecule is CCOC(=O)C1CC[NH+](CCCSc2ccc(Cl)cc2)CC1. The Kier molecular flexibility index (Phi) is 7.56. The molecule has 0 spiro atoms. The van der Waals surface area contributed by atoms with Crippen molar-refractivity contribution in [2.45, 2.75) is 31.1 Å². The number of rotatable bonds is 7. The number of thioether (sulfide) groups is 1. The van der Waals surface area contributed by atoms with E-state index in [2.05, 4.69) is 12.1 Å². The number of benzene rings is 1. The maximum Gasteiger partial charge on any atom is 0.309 e. The Balaban J connectivity index is 1.59. The molecule has 0 aliphatic carbocycles. The average molecular weight is 343 g/mol. The van der Waals surface area contributed by atoms with Gasteiger partial charge in [-0.25, -0.2) is 0 Å². The Labute approximate surface area is 142 Å². The van der Waals surface area contributed by atoms with Gasteiger partial charge >= 0.3 is 5.97 Å². The molecule has 0 aromatic heterocycles. The van der Waals surface area contributed by atoms with Crippen molar-refractivity contribution in [3.8, 4) is 0 Å². The Morgan fingerprint density at radius 1 is 1.32 bits per heavy atom. The molecule has 1 N–H and O–H groups in total. The molecule has 0 unspecified atom stereocenters. The lowest BCUT2D eigenvalue weighted by Crippen LogP contribution is -3.13. The van der Waals surface area contributed by atoms with E-state index in [1.165, 1.54) is 17.9 Å². The van der Waals surface area contributed by atoms with Crippen LogP contribution in [0.25, 0.3) is 0 Å². The van der Waals surface area contributed by atoms with Crippen molar-refractivity contribution in [1.29, 1.82) is 0 Å². The van der Waals surface area contributed by atoms with Crippen LogP contribution in [0.15, 0.2) is 29.2 Å². The second kappa shape index (κ2) is 9.43. The standard InChI is InChI=1S/C17H24ClNO2S/c1-2-21-17(20)14-8-11-19(12-9-14)10-3-13-22-16-6-4-15(18)5-7-16/h4-7,14H,2-3,8-13H2,1H3/p+1. The molecule has 5 heteroatoms. The molecule has 0 saturated carbocycles. The maximum atomic E-state index is 11.7. The van der Waals surface area contributed by atoms with E-state index in [1.807, 2.05) is 30.8 Å². The van der Waals surface area contributed by atoms with Crippen LogP contribution in [0.1, 0.15) is 26.2 Å². The number of esters is 1. The van der Waals surface area contributed by atoms with Gasteiger partial charge in [-0.2, -0.15) is 0 Å². The minimum atomic E-state index is -0.000144. The van der Waals surface area contributed by atoms with Crippen molar-refractivity contribution in [3.05, 3.63) is 29.3 Å². The number of hydrogen-bond acceptors (Lipinski definition) is 3. The van der Waals surface area contributed by atoms with Crippen LogP contribution in [-0.4, -0.2) is 38.0 Å². The molecular weight excluding hydrogens is 318 g/mol. The summed E-state index contributed by atoms with van der Waals surface area (Å²) >= 11 is 7.77. The number of halogens is 1. The topological polar surface area (TPSA) is 30.7 Å². The van der Waals surface area contributed by atoms with Gasteiger partial charge in [0, 0.05) is 34.9 Å². The van der Waals surface area contributed by atoms with Crippen LogP contribution in [0.4, 0.5) is 0 Å². The molecule has 0 bridgehead atoms. The summed E-state index contributed by atoms with van der Waals surface area (Å²) in [6.07, 6.45) is 3.14. The minimum absolute atomic E-state index is 0.000144. The first-order chi connectivity index (χ1) is 10.7. The largest absolute Gasteiger partial charge is 0.466 e. The maximum absolute atomic E-state index is 11.7. The Bertz CT molecular complexity index is 458. The third kappa shape index (κ3) is 5.82. The molecule has 22 heavy (non-hydrogen) atoms.